The predicted octanol–water partition coefficient (Wildman–Crippen LogP) is 4.25. The van der Waals surface area contributed by atoms with Crippen molar-refractivity contribution in [2.75, 3.05) is 18.4 Å². The zero-order chi connectivity index (χ0) is 27.7. The summed E-state index contributed by atoms with van der Waals surface area (Å²) in [5, 5.41) is 13.0. The van der Waals surface area contributed by atoms with Gasteiger partial charge in [-0.1, -0.05) is 31.5 Å². The molecular formula is C26H25ClN8O3S. The van der Waals surface area contributed by atoms with Crippen molar-refractivity contribution in [1.82, 2.24) is 33.8 Å². The van der Waals surface area contributed by atoms with Crippen LogP contribution >= 0.6 is 11.6 Å². The van der Waals surface area contributed by atoms with E-state index in [-0.39, 0.29) is 4.90 Å². The van der Waals surface area contributed by atoms with Crippen LogP contribution in [0.15, 0.2) is 72.0 Å². The zero-order valence-electron chi connectivity index (χ0n) is 21.4. The van der Waals surface area contributed by atoms with Gasteiger partial charge in [-0.05, 0) is 49.4 Å². The molecule has 1 amide bonds. The highest BCUT2D eigenvalue weighted by Gasteiger charge is 2.22. The van der Waals surface area contributed by atoms with Gasteiger partial charge >= 0.3 is 0 Å². The standard InChI is InChI=1S/C26H25ClN8O3S/c1-4-33(5-2)39(37,38)21-11-9-18(10-12-21)26(36)31-23-13-17(3)32-35(23)25-22-15-30-34(24(22)28-16-29-25)20-8-6-7-19(27)14-20/h6-16H,4-5H2,1-3H3,(H,31,36). The van der Waals surface area contributed by atoms with Gasteiger partial charge in [-0.25, -0.2) is 23.1 Å². The van der Waals surface area contributed by atoms with E-state index in [4.69, 9.17) is 11.6 Å². The number of aromatic nitrogens is 6. The number of nitrogens with one attached hydrogen (secondary N) is 1. The molecule has 0 aliphatic heterocycles. The van der Waals surface area contributed by atoms with Crippen LogP contribution in [0.4, 0.5) is 5.82 Å². The van der Waals surface area contributed by atoms with Crippen molar-refractivity contribution < 1.29 is 13.2 Å². The van der Waals surface area contributed by atoms with Crippen molar-refractivity contribution in [2.45, 2.75) is 25.7 Å². The molecule has 0 bridgehead atoms. The molecule has 5 rings (SSSR count). The Labute approximate surface area is 230 Å². The Balaban J connectivity index is 1.46. The summed E-state index contributed by atoms with van der Waals surface area (Å²) in [7, 11) is -3.63. The molecule has 0 aliphatic rings. The Morgan fingerprint density at radius 2 is 1.77 bits per heavy atom. The Kier molecular flexibility index (Phi) is 7.17. The summed E-state index contributed by atoms with van der Waals surface area (Å²) in [4.78, 5) is 22.1. The number of fused-ring (bicyclic) bond motifs is 1. The molecule has 0 saturated heterocycles. The highest BCUT2D eigenvalue weighted by atomic mass is 35.5. The molecule has 3 aromatic heterocycles. The van der Waals surface area contributed by atoms with Gasteiger partial charge in [-0.2, -0.15) is 19.2 Å². The first-order chi connectivity index (χ1) is 18.7. The monoisotopic (exact) mass is 564 g/mol. The lowest BCUT2D eigenvalue weighted by atomic mass is 10.2. The van der Waals surface area contributed by atoms with Crippen LogP contribution in [0, 0.1) is 6.92 Å². The lowest BCUT2D eigenvalue weighted by Crippen LogP contribution is -2.30. The number of carbonyl (C=O) groups excluding carboxylic acids is 1. The number of carbonyl (C=O) groups is 1. The van der Waals surface area contributed by atoms with E-state index in [1.165, 1.54) is 39.6 Å². The first kappa shape index (κ1) is 26.5. The van der Waals surface area contributed by atoms with Crippen LogP contribution in [0.3, 0.4) is 0 Å². The highest BCUT2D eigenvalue weighted by molar-refractivity contribution is 7.89. The minimum absolute atomic E-state index is 0.128. The Morgan fingerprint density at radius 1 is 1.03 bits per heavy atom. The number of hydrogen-bond donors (Lipinski definition) is 1. The molecular weight excluding hydrogens is 540 g/mol. The Morgan fingerprint density at radius 3 is 2.46 bits per heavy atom. The second kappa shape index (κ2) is 10.6. The summed E-state index contributed by atoms with van der Waals surface area (Å²) in [6.07, 6.45) is 3.03. The topological polar surface area (TPSA) is 128 Å². The normalized spacial score (nSPS) is 11.8. The van der Waals surface area contributed by atoms with Crippen LogP contribution in [-0.4, -0.2) is 61.2 Å². The fraction of sp³-hybridized carbons (Fsp3) is 0.192. The molecule has 13 heteroatoms. The van der Waals surface area contributed by atoms with Gasteiger partial charge in [-0.3, -0.25) is 4.79 Å². The second-order valence-electron chi connectivity index (χ2n) is 8.62. The minimum Gasteiger partial charge on any atom is -0.306 e. The summed E-state index contributed by atoms with van der Waals surface area (Å²) in [6.45, 7) is 6.08. The number of anilines is 1. The van der Waals surface area contributed by atoms with E-state index in [1.807, 2.05) is 12.1 Å². The Bertz CT molecular complexity index is 1780. The summed E-state index contributed by atoms with van der Waals surface area (Å²) < 4.78 is 30.1. The van der Waals surface area contributed by atoms with Crippen molar-refractivity contribution in [3.8, 4) is 11.5 Å². The first-order valence-corrected chi connectivity index (χ1v) is 14.0. The van der Waals surface area contributed by atoms with E-state index in [9.17, 15) is 13.2 Å². The summed E-state index contributed by atoms with van der Waals surface area (Å²) in [5.41, 5.74) is 2.22. The van der Waals surface area contributed by atoms with Crippen molar-refractivity contribution in [1.29, 1.82) is 0 Å². The first-order valence-electron chi connectivity index (χ1n) is 12.2. The van der Waals surface area contributed by atoms with Crippen LogP contribution in [0.5, 0.6) is 0 Å². The molecule has 5 aromatic rings. The van der Waals surface area contributed by atoms with Gasteiger partial charge in [0.15, 0.2) is 11.5 Å². The van der Waals surface area contributed by atoms with Crippen LogP contribution in [0.25, 0.3) is 22.5 Å². The smallest absolute Gasteiger partial charge is 0.256 e. The van der Waals surface area contributed by atoms with Crippen molar-refractivity contribution in [2.24, 2.45) is 0 Å². The number of halogens is 1. The molecule has 0 unspecified atom stereocenters. The highest BCUT2D eigenvalue weighted by Crippen LogP contribution is 2.25. The van der Waals surface area contributed by atoms with Gasteiger partial charge < -0.3 is 5.32 Å². The maximum Gasteiger partial charge on any atom is 0.256 e. The number of nitrogens with zero attached hydrogens (tertiary/aromatic N) is 7. The number of aryl methyl sites for hydroxylation is 1. The van der Waals surface area contributed by atoms with Gasteiger partial charge in [0.25, 0.3) is 5.91 Å². The van der Waals surface area contributed by atoms with Gasteiger partial charge in [0, 0.05) is 29.7 Å². The molecule has 0 aliphatic carbocycles. The van der Waals surface area contributed by atoms with Crippen molar-refractivity contribution >= 4 is 44.4 Å². The van der Waals surface area contributed by atoms with Crippen LogP contribution < -0.4 is 5.32 Å². The minimum atomic E-state index is -3.63. The lowest BCUT2D eigenvalue weighted by molar-refractivity contribution is 0.102. The van der Waals surface area contributed by atoms with Gasteiger partial charge in [0.05, 0.1) is 27.9 Å². The van der Waals surface area contributed by atoms with Crippen LogP contribution in [0.2, 0.25) is 5.02 Å². The zero-order valence-corrected chi connectivity index (χ0v) is 23.0. The summed E-state index contributed by atoms with van der Waals surface area (Å²) in [6, 6.07) is 14.8. The Hall–Kier alpha value is -4.13. The van der Waals surface area contributed by atoms with Crippen LogP contribution in [-0.2, 0) is 10.0 Å². The van der Waals surface area contributed by atoms with E-state index < -0.39 is 15.9 Å². The molecule has 1 N–H and O–H groups in total. The maximum atomic E-state index is 13.1. The molecule has 2 aromatic carbocycles. The second-order valence-corrected chi connectivity index (χ2v) is 11.0. The maximum absolute atomic E-state index is 13.1. The fourth-order valence-corrected chi connectivity index (χ4v) is 5.87. The number of rotatable bonds is 8. The molecule has 3 heterocycles. The molecule has 0 spiro atoms. The van der Waals surface area contributed by atoms with Gasteiger partial charge in [0.2, 0.25) is 10.0 Å². The number of amides is 1. The van der Waals surface area contributed by atoms with E-state index in [1.54, 1.807) is 49.8 Å². The molecule has 200 valence electrons. The van der Waals surface area contributed by atoms with Crippen LogP contribution in [0.1, 0.15) is 29.9 Å². The quantitative estimate of drug-likeness (QED) is 0.298. The molecule has 0 radical (unpaired) electrons. The third-order valence-electron chi connectivity index (χ3n) is 6.13. The van der Waals surface area contributed by atoms with E-state index in [0.717, 1.165) is 5.69 Å². The predicted molar refractivity (Wildman–Crippen MR) is 148 cm³/mol. The van der Waals surface area contributed by atoms with Crippen molar-refractivity contribution in [3.63, 3.8) is 0 Å². The number of hydrogen-bond acceptors (Lipinski definition) is 7. The largest absolute Gasteiger partial charge is 0.306 e. The third kappa shape index (κ3) is 5.01. The van der Waals surface area contributed by atoms with Gasteiger partial charge in [0.1, 0.15) is 12.1 Å². The fourth-order valence-electron chi connectivity index (χ4n) is 4.23. The third-order valence-corrected chi connectivity index (χ3v) is 8.43. The van der Waals surface area contributed by atoms with Crippen molar-refractivity contribution in [3.05, 3.63) is 83.4 Å². The van der Waals surface area contributed by atoms with E-state index in [2.05, 4.69) is 25.5 Å². The van der Waals surface area contributed by atoms with E-state index in [0.29, 0.717) is 52.0 Å². The number of benzene rings is 2. The SMILES string of the molecule is CCN(CC)S(=O)(=O)c1ccc(C(=O)Nc2cc(C)nn2-c2ncnc3c2cnn3-c2cccc(Cl)c2)cc1. The number of sulfonamides is 1. The summed E-state index contributed by atoms with van der Waals surface area (Å²) >= 11 is 6.16. The molecule has 0 saturated carbocycles. The van der Waals surface area contributed by atoms with Gasteiger partial charge in [-0.15, -0.1) is 0 Å². The lowest BCUT2D eigenvalue weighted by Gasteiger charge is -2.18. The molecule has 39 heavy (non-hydrogen) atoms. The average Bonchev–Trinajstić information content (AvgIpc) is 3.52. The average molecular weight is 565 g/mol. The van der Waals surface area contributed by atoms with E-state index >= 15 is 0 Å². The summed E-state index contributed by atoms with van der Waals surface area (Å²) in [5.74, 6) is 0.382. The molecule has 0 fully saturated rings. The molecule has 11 nitrogen and oxygen atoms in total. The molecule has 0 atom stereocenters.